The van der Waals surface area contributed by atoms with Gasteiger partial charge in [-0.05, 0) is 44.4 Å². The smallest absolute Gasteiger partial charge is 0.332 e. The lowest BCUT2D eigenvalue weighted by atomic mass is 10.1. The molecule has 3 rings (SSSR count). The van der Waals surface area contributed by atoms with E-state index in [0.717, 1.165) is 10.6 Å². The Kier molecular flexibility index (Phi) is 5.32. The molecule has 154 valence electrons. The van der Waals surface area contributed by atoms with Crippen molar-refractivity contribution < 1.29 is 17.2 Å². The number of nitrogens with zero attached hydrogens (tertiary/aromatic N) is 2. The first kappa shape index (κ1) is 20.5. The summed E-state index contributed by atoms with van der Waals surface area (Å²) < 4.78 is 54.9. The Hall–Kier alpha value is -2.27. The molecular formula is C17H22F2N4O4S. The summed E-state index contributed by atoms with van der Waals surface area (Å²) in [5.41, 5.74) is -2.13. The Bertz CT molecular complexity index is 1120. The summed E-state index contributed by atoms with van der Waals surface area (Å²) >= 11 is 0. The fourth-order valence-electron chi connectivity index (χ4n) is 3.02. The topological polar surface area (TPSA) is 116 Å². The van der Waals surface area contributed by atoms with Gasteiger partial charge in [-0.25, -0.2) is 17.9 Å². The van der Waals surface area contributed by atoms with Crippen LogP contribution in [-0.2, 0) is 16.6 Å². The van der Waals surface area contributed by atoms with Crippen molar-refractivity contribution in [1.29, 1.82) is 0 Å². The van der Waals surface area contributed by atoms with E-state index >= 15 is 0 Å². The van der Waals surface area contributed by atoms with Gasteiger partial charge in [0.15, 0.2) is 0 Å². The number of nitrogen functional groups attached to an aromatic ring is 1. The van der Waals surface area contributed by atoms with E-state index in [0.29, 0.717) is 17.5 Å². The van der Waals surface area contributed by atoms with Crippen LogP contribution in [0, 0.1) is 5.92 Å². The van der Waals surface area contributed by atoms with Crippen LogP contribution in [0.25, 0.3) is 10.9 Å². The maximum Gasteiger partial charge on any atom is 0.350 e. The van der Waals surface area contributed by atoms with E-state index in [1.54, 1.807) is 6.92 Å². The highest BCUT2D eigenvalue weighted by atomic mass is 32.2. The number of alkyl halides is 2. The second-order valence-corrected chi connectivity index (χ2v) is 9.09. The van der Waals surface area contributed by atoms with Crippen LogP contribution in [0.4, 0.5) is 8.78 Å². The molecule has 0 aliphatic heterocycles. The number of fused-ring (bicyclic) bond motifs is 1. The van der Waals surface area contributed by atoms with Gasteiger partial charge in [-0.15, -0.1) is 0 Å². The van der Waals surface area contributed by atoms with Gasteiger partial charge >= 0.3 is 5.69 Å². The summed E-state index contributed by atoms with van der Waals surface area (Å²) in [4.78, 5) is 24.7. The van der Waals surface area contributed by atoms with Crippen LogP contribution in [0.5, 0.6) is 0 Å². The van der Waals surface area contributed by atoms with Crippen LogP contribution < -0.4 is 21.8 Å². The molecule has 0 radical (unpaired) electrons. The minimum Gasteiger partial charge on any atom is -0.332 e. The highest BCUT2D eigenvalue weighted by molar-refractivity contribution is 7.89. The summed E-state index contributed by atoms with van der Waals surface area (Å²) in [6.07, 6.45) is 1.34. The minimum absolute atomic E-state index is 0.0937. The predicted octanol–water partition coefficient (Wildman–Crippen LogP) is 0.653. The van der Waals surface area contributed by atoms with Gasteiger partial charge in [0.25, 0.3) is 5.56 Å². The van der Waals surface area contributed by atoms with Crippen molar-refractivity contribution in [3.63, 3.8) is 0 Å². The monoisotopic (exact) mass is 416 g/mol. The molecule has 1 fully saturated rings. The van der Waals surface area contributed by atoms with Gasteiger partial charge in [-0.1, -0.05) is 0 Å². The van der Waals surface area contributed by atoms with E-state index in [-0.39, 0.29) is 28.8 Å². The maximum atomic E-state index is 13.2. The molecule has 3 N–H and O–H groups in total. The Labute approximate surface area is 160 Å². The number of nitrogens with one attached hydrogen (secondary N) is 1. The first-order valence-electron chi connectivity index (χ1n) is 8.82. The summed E-state index contributed by atoms with van der Waals surface area (Å²) in [5.74, 6) is 4.77. The van der Waals surface area contributed by atoms with E-state index in [1.807, 2.05) is 0 Å². The van der Waals surface area contributed by atoms with Crippen LogP contribution in [0.1, 0.15) is 26.2 Å². The summed E-state index contributed by atoms with van der Waals surface area (Å²) in [6.45, 7) is -0.0133. The van der Waals surface area contributed by atoms with Crippen molar-refractivity contribution in [2.45, 2.75) is 43.2 Å². The fraction of sp³-hybridized carbons (Fsp3) is 0.529. The molecule has 0 amide bonds. The van der Waals surface area contributed by atoms with Gasteiger partial charge < -0.3 is 5.84 Å². The number of hydrogen-bond acceptors (Lipinski definition) is 5. The van der Waals surface area contributed by atoms with Crippen LogP contribution >= 0.6 is 0 Å². The average molecular weight is 416 g/mol. The molecule has 0 spiro atoms. The lowest BCUT2D eigenvalue weighted by molar-refractivity contribution is 0.281. The second-order valence-electron chi connectivity index (χ2n) is 7.41. The van der Waals surface area contributed by atoms with Crippen molar-refractivity contribution in [2.24, 2.45) is 5.92 Å². The van der Waals surface area contributed by atoms with E-state index in [9.17, 15) is 26.8 Å². The molecule has 28 heavy (non-hydrogen) atoms. The van der Waals surface area contributed by atoms with Gasteiger partial charge in [0.05, 0.1) is 29.1 Å². The molecule has 0 saturated heterocycles. The molecule has 2 aromatic rings. The SMILES string of the molecule is CC1(NS(=O)(=O)c2ccc3c(c2)c(=O)n(N)c(=O)n3CC(CF)CCF)CC1. The largest absolute Gasteiger partial charge is 0.350 e. The van der Waals surface area contributed by atoms with E-state index in [4.69, 9.17) is 5.84 Å². The zero-order valence-electron chi connectivity index (χ0n) is 15.3. The first-order chi connectivity index (χ1) is 13.1. The maximum absolute atomic E-state index is 13.2. The molecule has 1 aliphatic carbocycles. The van der Waals surface area contributed by atoms with E-state index < -0.39 is 46.1 Å². The quantitative estimate of drug-likeness (QED) is 0.613. The third kappa shape index (κ3) is 3.81. The van der Waals surface area contributed by atoms with E-state index in [1.165, 1.54) is 12.1 Å². The Balaban J connectivity index is 2.13. The van der Waals surface area contributed by atoms with Gasteiger partial charge in [-0.3, -0.25) is 18.1 Å². The molecule has 0 bridgehead atoms. The van der Waals surface area contributed by atoms with Crippen LogP contribution in [0.15, 0.2) is 32.7 Å². The number of nitrogens with two attached hydrogens (primary N) is 1. The van der Waals surface area contributed by atoms with Crippen molar-refractivity contribution in [3.8, 4) is 0 Å². The Morgan fingerprint density at radius 1 is 1.29 bits per heavy atom. The second kappa shape index (κ2) is 7.28. The molecule has 8 nitrogen and oxygen atoms in total. The number of benzene rings is 1. The average Bonchev–Trinajstić information content (AvgIpc) is 3.37. The standard InChI is InChI=1S/C17H22F2N4O4S/c1-17(5-6-17)21-28(26,27)12-2-3-14-13(8-12)15(24)23(20)16(25)22(14)10-11(9-19)4-7-18/h2-3,8,11,21H,4-7,9-10,20H2,1H3. The molecule has 11 heteroatoms. The lowest BCUT2D eigenvalue weighted by Gasteiger charge is -2.17. The van der Waals surface area contributed by atoms with Crippen molar-refractivity contribution in [2.75, 3.05) is 19.2 Å². The van der Waals surface area contributed by atoms with Crippen LogP contribution in [0.3, 0.4) is 0 Å². The Morgan fingerprint density at radius 2 is 1.96 bits per heavy atom. The number of rotatable bonds is 8. The summed E-state index contributed by atoms with van der Waals surface area (Å²) in [5, 5.41) is -0.0937. The number of halogens is 2. The lowest BCUT2D eigenvalue weighted by Crippen LogP contribution is -2.45. The molecule has 1 heterocycles. The zero-order chi connectivity index (χ0) is 20.7. The highest BCUT2D eigenvalue weighted by Crippen LogP contribution is 2.36. The highest BCUT2D eigenvalue weighted by Gasteiger charge is 2.41. The van der Waals surface area contributed by atoms with Crippen LogP contribution in [-0.4, -0.2) is 36.5 Å². The van der Waals surface area contributed by atoms with Crippen molar-refractivity contribution in [1.82, 2.24) is 14.0 Å². The van der Waals surface area contributed by atoms with Crippen molar-refractivity contribution in [3.05, 3.63) is 39.0 Å². The fourth-order valence-corrected chi connectivity index (χ4v) is 4.51. The van der Waals surface area contributed by atoms with Gasteiger partial charge in [0.1, 0.15) is 0 Å². The number of sulfonamides is 1. The van der Waals surface area contributed by atoms with Crippen LogP contribution in [0.2, 0.25) is 0 Å². The predicted molar refractivity (Wildman–Crippen MR) is 101 cm³/mol. The third-order valence-corrected chi connectivity index (χ3v) is 6.65. The van der Waals surface area contributed by atoms with Gasteiger partial charge in [0, 0.05) is 18.0 Å². The normalized spacial score (nSPS) is 17.0. The van der Waals surface area contributed by atoms with Crippen molar-refractivity contribution >= 4 is 20.9 Å². The van der Waals surface area contributed by atoms with E-state index in [2.05, 4.69) is 4.72 Å². The molecular weight excluding hydrogens is 394 g/mol. The molecule has 1 atom stereocenters. The molecule has 1 saturated carbocycles. The molecule has 1 aliphatic rings. The summed E-state index contributed by atoms with van der Waals surface area (Å²) in [7, 11) is -3.87. The van der Waals surface area contributed by atoms with Gasteiger partial charge in [-0.2, -0.15) is 4.68 Å². The molecule has 1 unspecified atom stereocenters. The number of hydrogen-bond donors (Lipinski definition) is 2. The molecule has 1 aromatic carbocycles. The zero-order valence-corrected chi connectivity index (χ0v) is 16.1. The first-order valence-corrected chi connectivity index (χ1v) is 10.3. The number of aromatic nitrogens is 2. The minimum atomic E-state index is -3.87. The third-order valence-electron chi connectivity index (χ3n) is 5.01. The molecule has 1 aromatic heterocycles. The Morgan fingerprint density at radius 3 is 2.54 bits per heavy atom. The summed E-state index contributed by atoms with van der Waals surface area (Å²) in [6, 6.07) is 3.73. The van der Waals surface area contributed by atoms with Gasteiger partial charge in [0.2, 0.25) is 10.0 Å².